The van der Waals surface area contributed by atoms with Crippen LogP contribution in [0, 0.1) is 6.92 Å². The molecule has 3 aromatic heterocycles. The molecule has 0 aliphatic rings. The smallest absolute Gasteiger partial charge is 0.243 e. The number of anilines is 1. The summed E-state index contributed by atoms with van der Waals surface area (Å²) in [5.41, 5.74) is 3.00. The molecule has 2 N–H and O–H groups in total. The number of hydrogen-bond acceptors (Lipinski definition) is 4. The summed E-state index contributed by atoms with van der Waals surface area (Å²) in [7, 11) is 0. The van der Waals surface area contributed by atoms with Crippen molar-refractivity contribution in [3.8, 4) is 0 Å². The van der Waals surface area contributed by atoms with Gasteiger partial charge in [-0.15, -0.1) is 5.10 Å². The summed E-state index contributed by atoms with van der Waals surface area (Å²) in [5.74, 6) is 0.622. The van der Waals surface area contributed by atoms with Crippen LogP contribution in [0.15, 0.2) is 30.6 Å². The molecule has 0 radical (unpaired) electrons. The Morgan fingerprint density at radius 1 is 1.41 bits per heavy atom. The molecule has 6 heteroatoms. The highest BCUT2D eigenvalue weighted by atomic mass is 15.3. The first-order chi connectivity index (χ1) is 8.33. The number of pyridine rings is 1. The van der Waals surface area contributed by atoms with Crippen molar-refractivity contribution in [2.24, 2.45) is 0 Å². The van der Waals surface area contributed by atoms with Crippen LogP contribution in [0.5, 0.6) is 0 Å². The van der Waals surface area contributed by atoms with E-state index in [1.165, 1.54) is 0 Å². The van der Waals surface area contributed by atoms with Gasteiger partial charge in [0.05, 0.1) is 6.20 Å². The standard InChI is InChI=1S/C11H12N6/c1-8-9(7-13-15-8)6-12-11-14-10-4-2-3-5-17(10)16-11/h2-5,7H,6H2,1H3,(H,12,16)(H,13,15). The van der Waals surface area contributed by atoms with Crippen LogP contribution in [0.25, 0.3) is 5.65 Å². The summed E-state index contributed by atoms with van der Waals surface area (Å²) >= 11 is 0. The summed E-state index contributed by atoms with van der Waals surface area (Å²) in [6, 6.07) is 5.78. The lowest BCUT2D eigenvalue weighted by molar-refractivity contribution is 0.948. The summed E-state index contributed by atoms with van der Waals surface area (Å²) in [5, 5.41) is 14.3. The molecule has 0 saturated heterocycles. The molecular weight excluding hydrogens is 216 g/mol. The maximum absolute atomic E-state index is 4.35. The lowest BCUT2D eigenvalue weighted by Gasteiger charge is -1.99. The van der Waals surface area contributed by atoms with Gasteiger partial charge in [-0.3, -0.25) is 5.10 Å². The van der Waals surface area contributed by atoms with Gasteiger partial charge in [0, 0.05) is 24.0 Å². The topological polar surface area (TPSA) is 70.9 Å². The van der Waals surface area contributed by atoms with Crippen molar-refractivity contribution in [1.82, 2.24) is 24.8 Å². The van der Waals surface area contributed by atoms with Crippen molar-refractivity contribution >= 4 is 11.6 Å². The predicted octanol–water partition coefficient (Wildman–Crippen LogP) is 1.37. The molecule has 3 rings (SSSR count). The Balaban J connectivity index is 1.79. The van der Waals surface area contributed by atoms with Crippen LogP contribution in [0.1, 0.15) is 11.3 Å². The van der Waals surface area contributed by atoms with Crippen molar-refractivity contribution in [1.29, 1.82) is 0 Å². The number of aromatic amines is 1. The van der Waals surface area contributed by atoms with Crippen LogP contribution in [-0.4, -0.2) is 24.8 Å². The highest BCUT2D eigenvalue weighted by molar-refractivity contribution is 5.43. The van der Waals surface area contributed by atoms with Crippen molar-refractivity contribution in [2.75, 3.05) is 5.32 Å². The van der Waals surface area contributed by atoms with E-state index in [1.54, 1.807) is 10.7 Å². The SMILES string of the molecule is Cc1[nH]ncc1CNc1nc2ccccn2n1. The Kier molecular flexibility index (Phi) is 2.25. The number of aryl methyl sites for hydroxylation is 1. The van der Waals surface area contributed by atoms with Gasteiger partial charge < -0.3 is 5.32 Å². The molecule has 0 amide bonds. The first-order valence-corrected chi connectivity index (χ1v) is 5.37. The molecule has 6 nitrogen and oxygen atoms in total. The fourth-order valence-corrected chi connectivity index (χ4v) is 1.63. The van der Waals surface area contributed by atoms with Gasteiger partial charge in [0.15, 0.2) is 5.65 Å². The van der Waals surface area contributed by atoms with Crippen molar-refractivity contribution in [2.45, 2.75) is 13.5 Å². The minimum Gasteiger partial charge on any atom is -0.349 e. The minimum atomic E-state index is 0.622. The summed E-state index contributed by atoms with van der Waals surface area (Å²) in [6.45, 7) is 2.65. The fourth-order valence-electron chi connectivity index (χ4n) is 1.63. The Morgan fingerprint density at radius 3 is 3.12 bits per heavy atom. The average Bonchev–Trinajstić information content (AvgIpc) is 2.92. The van der Waals surface area contributed by atoms with Crippen molar-refractivity contribution in [3.05, 3.63) is 41.9 Å². The summed E-state index contributed by atoms with van der Waals surface area (Å²) in [4.78, 5) is 4.35. The third kappa shape index (κ3) is 1.84. The van der Waals surface area contributed by atoms with Crippen molar-refractivity contribution < 1.29 is 0 Å². The maximum Gasteiger partial charge on any atom is 0.243 e. The quantitative estimate of drug-likeness (QED) is 0.710. The van der Waals surface area contributed by atoms with Crippen LogP contribution >= 0.6 is 0 Å². The van der Waals surface area contributed by atoms with Crippen molar-refractivity contribution in [3.63, 3.8) is 0 Å². The minimum absolute atomic E-state index is 0.622. The molecule has 0 aliphatic heterocycles. The number of H-pyrrole nitrogens is 1. The molecule has 0 aliphatic carbocycles. The number of hydrogen-bond donors (Lipinski definition) is 2. The zero-order valence-corrected chi connectivity index (χ0v) is 9.38. The molecule has 3 aromatic rings. The van der Waals surface area contributed by atoms with E-state index >= 15 is 0 Å². The number of nitrogens with zero attached hydrogens (tertiary/aromatic N) is 4. The number of nitrogens with one attached hydrogen (secondary N) is 2. The highest BCUT2D eigenvalue weighted by Gasteiger charge is 2.04. The average molecular weight is 228 g/mol. The van der Waals surface area contributed by atoms with E-state index in [9.17, 15) is 0 Å². The summed E-state index contributed by atoms with van der Waals surface area (Å²) < 4.78 is 1.74. The molecule has 86 valence electrons. The molecule has 0 spiro atoms. The third-order valence-corrected chi connectivity index (χ3v) is 2.61. The second-order valence-corrected chi connectivity index (χ2v) is 3.81. The summed E-state index contributed by atoms with van der Waals surface area (Å²) in [6.07, 6.45) is 3.68. The van der Waals surface area contributed by atoms with E-state index in [-0.39, 0.29) is 0 Å². The van der Waals surface area contributed by atoms with E-state index in [0.717, 1.165) is 16.9 Å². The van der Waals surface area contributed by atoms with Gasteiger partial charge in [0.1, 0.15) is 0 Å². The third-order valence-electron chi connectivity index (χ3n) is 2.61. The Morgan fingerprint density at radius 2 is 2.35 bits per heavy atom. The first-order valence-electron chi connectivity index (χ1n) is 5.37. The van der Waals surface area contributed by atoms with E-state index in [0.29, 0.717) is 12.5 Å². The second-order valence-electron chi connectivity index (χ2n) is 3.81. The number of rotatable bonds is 3. The monoisotopic (exact) mass is 228 g/mol. The number of aromatic nitrogens is 5. The zero-order chi connectivity index (χ0) is 11.7. The molecule has 0 bridgehead atoms. The lowest BCUT2D eigenvalue weighted by Crippen LogP contribution is -2.01. The molecule has 17 heavy (non-hydrogen) atoms. The van der Waals surface area contributed by atoms with Crippen LogP contribution in [0.4, 0.5) is 5.95 Å². The van der Waals surface area contributed by atoms with E-state index in [4.69, 9.17) is 0 Å². The van der Waals surface area contributed by atoms with Crippen LogP contribution < -0.4 is 5.32 Å². The highest BCUT2D eigenvalue weighted by Crippen LogP contribution is 2.08. The molecule has 3 heterocycles. The first kappa shape index (κ1) is 9.83. The lowest BCUT2D eigenvalue weighted by atomic mass is 10.3. The van der Waals surface area contributed by atoms with Gasteiger partial charge >= 0.3 is 0 Å². The normalized spacial score (nSPS) is 10.9. The molecule has 0 saturated carbocycles. The second kappa shape index (κ2) is 3.89. The van der Waals surface area contributed by atoms with Gasteiger partial charge in [-0.2, -0.15) is 10.1 Å². The van der Waals surface area contributed by atoms with Crippen LogP contribution in [0.3, 0.4) is 0 Å². The van der Waals surface area contributed by atoms with E-state index in [2.05, 4.69) is 25.6 Å². The molecule has 0 fully saturated rings. The Bertz CT molecular complexity index is 605. The maximum atomic E-state index is 4.35. The molecule has 0 unspecified atom stereocenters. The van der Waals surface area contributed by atoms with Crippen LogP contribution in [0.2, 0.25) is 0 Å². The molecular formula is C11H12N6. The Labute approximate surface area is 97.7 Å². The van der Waals surface area contributed by atoms with Crippen LogP contribution in [-0.2, 0) is 6.54 Å². The zero-order valence-electron chi connectivity index (χ0n) is 9.38. The largest absolute Gasteiger partial charge is 0.349 e. The van der Waals surface area contributed by atoms with Gasteiger partial charge in [-0.1, -0.05) is 6.07 Å². The van der Waals surface area contributed by atoms with Gasteiger partial charge in [-0.25, -0.2) is 4.52 Å². The van der Waals surface area contributed by atoms with E-state index < -0.39 is 0 Å². The molecule has 0 aromatic carbocycles. The molecule has 0 atom stereocenters. The fraction of sp³-hybridized carbons (Fsp3) is 0.182. The number of fused-ring (bicyclic) bond motifs is 1. The van der Waals surface area contributed by atoms with Gasteiger partial charge in [0.25, 0.3) is 0 Å². The van der Waals surface area contributed by atoms with E-state index in [1.807, 2.05) is 31.3 Å². The predicted molar refractivity (Wildman–Crippen MR) is 63.6 cm³/mol. The van der Waals surface area contributed by atoms with Gasteiger partial charge in [0.2, 0.25) is 5.95 Å². The van der Waals surface area contributed by atoms with Gasteiger partial charge in [-0.05, 0) is 19.1 Å². The Hall–Kier alpha value is -2.37.